The van der Waals surface area contributed by atoms with E-state index >= 15 is 0 Å². The zero-order chi connectivity index (χ0) is 17.4. The molecule has 0 unspecified atom stereocenters. The molecular formula is C18H21FN4O2. The summed E-state index contributed by atoms with van der Waals surface area (Å²) in [6.45, 7) is 0.977. The van der Waals surface area contributed by atoms with E-state index in [4.69, 9.17) is 0 Å². The summed E-state index contributed by atoms with van der Waals surface area (Å²) in [5.74, 6) is 0.0699. The first kappa shape index (κ1) is 16.1. The van der Waals surface area contributed by atoms with Crippen LogP contribution in [0.15, 0.2) is 23.0 Å². The molecule has 2 aromatic rings. The maximum Gasteiger partial charge on any atom is 0.346 e. The Balaban J connectivity index is 1.61. The number of anilines is 1. The highest BCUT2D eigenvalue weighted by atomic mass is 19.1. The fourth-order valence-electron chi connectivity index (χ4n) is 3.79. The quantitative estimate of drug-likeness (QED) is 0.836. The largest absolute Gasteiger partial charge is 0.346 e. The first-order valence-electron chi connectivity index (χ1n) is 8.89. The first-order valence-corrected chi connectivity index (χ1v) is 8.89. The predicted molar refractivity (Wildman–Crippen MR) is 91.1 cm³/mol. The molecule has 0 aliphatic carbocycles. The van der Waals surface area contributed by atoms with Gasteiger partial charge in [-0.3, -0.25) is 9.36 Å². The number of benzene rings is 1. The van der Waals surface area contributed by atoms with Crippen LogP contribution in [0, 0.1) is 5.82 Å². The van der Waals surface area contributed by atoms with Crippen LogP contribution in [-0.4, -0.2) is 26.8 Å². The van der Waals surface area contributed by atoms with Gasteiger partial charge in [0.15, 0.2) is 0 Å². The van der Waals surface area contributed by atoms with E-state index in [-0.39, 0.29) is 18.1 Å². The summed E-state index contributed by atoms with van der Waals surface area (Å²) in [4.78, 5) is 26.7. The summed E-state index contributed by atoms with van der Waals surface area (Å²) in [5.41, 5.74) is 0.955. The van der Waals surface area contributed by atoms with E-state index in [1.165, 1.54) is 15.6 Å². The van der Waals surface area contributed by atoms with E-state index in [1.54, 1.807) is 10.6 Å². The number of rotatable bonds is 2. The Bertz CT molecular complexity index is 870. The van der Waals surface area contributed by atoms with Crippen LogP contribution in [0.4, 0.5) is 10.1 Å². The van der Waals surface area contributed by atoms with Crippen molar-refractivity contribution >= 4 is 11.6 Å². The summed E-state index contributed by atoms with van der Waals surface area (Å²) >= 11 is 0. The van der Waals surface area contributed by atoms with Crippen LogP contribution in [0.3, 0.4) is 0 Å². The number of hydrogen-bond acceptors (Lipinski definition) is 3. The number of fused-ring (bicyclic) bond motifs is 2. The Labute approximate surface area is 144 Å². The number of nitrogens with zero attached hydrogens (tertiary/aromatic N) is 4. The second-order valence-corrected chi connectivity index (χ2v) is 6.72. The molecule has 132 valence electrons. The molecule has 0 saturated carbocycles. The van der Waals surface area contributed by atoms with Crippen LogP contribution in [0.25, 0.3) is 0 Å². The van der Waals surface area contributed by atoms with Gasteiger partial charge in [-0.25, -0.2) is 13.9 Å². The molecule has 3 heterocycles. The number of para-hydroxylation sites is 1. The van der Waals surface area contributed by atoms with E-state index in [0.717, 1.165) is 49.9 Å². The zero-order valence-electron chi connectivity index (χ0n) is 14.1. The number of aryl methyl sites for hydroxylation is 2. The summed E-state index contributed by atoms with van der Waals surface area (Å²) in [5, 5.41) is 4.35. The van der Waals surface area contributed by atoms with E-state index in [9.17, 15) is 14.0 Å². The number of carbonyl (C=O) groups excluding carboxylic acids is 1. The van der Waals surface area contributed by atoms with E-state index in [2.05, 4.69) is 5.10 Å². The van der Waals surface area contributed by atoms with Crippen LogP contribution < -0.4 is 10.6 Å². The molecule has 25 heavy (non-hydrogen) atoms. The Hall–Kier alpha value is -2.44. The number of hydrogen-bond donors (Lipinski definition) is 0. The minimum atomic E-state index is -0.390. The van der Waals surface area contributed by atoms with Gasteiger partial charge in [-0.2, -0.15) is 5.10 Å². The highest BCUT2D eigenvalue weighted by Gasteiger charge is 2.27. The molecule has 1 aromatic carbocycles. The van der Waals surface area contributed by atoms with Gasteiger partial charge in [-0.15, -0.1) is 0 Å². The summed E-state index contributed by atoms with van der Waals surface area (Å²) in [6.07, 6.45) is 5.36. The van der Waals surface area contributed by atoms with Crippen molar-refractivity contribution in [2.45, 2.75) is 51.6 Å². The number of amides is 1. The molecule has 0 spiro atoms. The predicted octanol–water partition coefficient (Wildman–Crippen LogP) is 1.89. The molecule has 1 aromatic heterocycles. The Morgan fingerprint density at radius 2 is 2.00 bits per heavy atom. The van der Waals surface area contributed by atoms with Gasteiger partial charge >= 0.3 is 5.69 Å². The summed E-state index contributed by atoms with van der Waals surface area (Å²) in [6, 6.07) is 4.89. The van der Waals surface area contributed by atoms with Crippen molar-refractivity contribution in [1.29, 1.82) is 0 Å². The van der Waals surface area contributed by atoms with Crippen LogP contribution in [-0.2, 0) is 30.7 Å². The van der Waals surface area contributed by atoms with Crippen molar-refractivity contribution in [3.63, 3.8) is 0 Å². The third kappa shape index (κ3) is 2.88. The normalized spacial score (nSPS) is 16.9. The van der Waals surface area contributed by atoms with Gasteiger partial charge < -0.3 is 4.90 Å². The summed E-state index contributed by atoms with van der Waals surface area (Å²) < 4.78 is 17.2. The molecule has 1 amide bonds. The molecule has 0 bridgehead atoms. The highest BCUT2D eigenvalue weighted by Crippen LogP contribution is 2.30. The monoisotopic (exact) mass is 344 g/mol. The zero-order valence-corrected chi connectivity index (χ0v) is 14.1. The fraction of sp³-hybridized carbons (Fsp3) is 0.500. The third-order valence-electron chi connectivity index (χ3n) is 5.04. The van der Waals surface area contributed by atoms with Crippen molar-refractivity contribution < 1.29 is 9.18 Å². The lowest BCUT2D eigenvalue weighted by atomic mass is 10.0. The van der Waals surface area contributed by atoms with Crippen molar-refractivity contribution in [2.75, 3.05) is 11.4 Å². The van der Waals surface area contributed by atoms with Gasteiger partial charge in [-0.1, -0.05) is 18.6 Å². The first-order chi connectivity index (χ1) is 12.1. The van der Waals surface area contributed by atoms with Gasteiger partial charge in [0.1, 0.15) is 18.2 Å². The van der Waals surface area contributed by atoms with Gasteiger partial charge in [0, 0.05) is 19.5 Å². The second-order valence-electron chi connectivity index (χ2n) is 6.72. The molecule has 4 rings (SSSR count). The van der Waals surface area contributed by atoms with Gasteiger partial charge in [-0.05, 0) is 37.3 Å². The van der Waals surface area contributed by atoms with Crippen molar-refractivity contribution in [2.24, 2.45) is 0 Å². The minimum Gasteiger partial charge on any atom is -0.308 e. The van der Waals surface area contributed by atoms with E-state index in [1.807, 2.05) is 6.07 Å². The van der Waals surface area contributed by atoms with Crippen molar-refractivity contribution in [1.82, 2.24) is 14.3 Å². The Morgan fingerprint density at radius 3 is 2.88 bits per heavy atom. The number of halogens is 1. The van der Waals surface area contributed by atoms with Crippen molar-refractivity contribution in [3.8, 4) is 0 Å². The van der Waals surface area contributed by atoms with E-state index < -0.39 is 5.82 Å². The number of carbonyl (C=O) groups is 1. The standard InChI is InChI=1S/C18H21FN4O2/c19-14-8-4-6-13-7-5-11-22(17(13)14)16(24)12-23-18(25)21-10-3-1-2-9-15(21)20-23/h4,6,8H,1-3,5,7,9-12H2. The summed E-state index contributed by atoms with van der Waals surface area (Å²) in [7, 11) is 0. The average molecular weight is 344 g/mol. The molecular weight excluding hydrogens is 323 g/mol. The lowest BCUT2D eigenvalue weighted by Gasteiger charge is -2.29. The highest BCUT2D eigenvalue weighted by molar-refractivity contribution is 5.94. The van der Waals surface area contributed by atoms with Gasteiger partial charge in [0.25, 0.3) is 0 Å². The van der Waals surface area contributed by atoms with Gasteiger partial charge in [0.05, 0.1) is 5.69 Å². The minimum absolute atomic E-state index is 0.146. The molecule has 7 heteroatoms. The van der Waals surface area contributed by atoms with Crippen LogP contribution in [0.5, 0.6) is 0 Å². The molecule has 6 nitrogen and oxygen atoms in total. The fourth-order valence-corrected chi connectivity index (χ4v) is 3.79. The van der Waals surface area contributed by atoms with E-state index in [0.29, 0.717) is 18.8 Å². The molecule has 0 saturated heterocycles. The lowest BCUT2D eigenvalue weighted by molar-refractivity contribution is -0.119. The molecule has 2 aliphatic heterocycles. The lowest BCUT2D eigenvalue weighted by Crippen LogP contribution is -2.40. The van der Waals surface area contributed by atoms with Gasteiger partial charge in [0.2, 0.25) is 5.91 Å². The Kier molecular flexibility index (Phi) is 4.15. The van der Waals surface area contributed by atoms with Crippen LogP contribution >= 0.6 is 0 Å². The third-order valence-corrected chi connectivity index (χ3v) is 5.04. The molecule has 0 radical (unpaired) electrons. The molecule has 0 fully saturated rings. The average Bonchev–Trinajstić information content (AvgIpc) is 2.77. The van der Waals surface area contributed by atoms with Crippen LogP contribution in [0.2, 0.25) is 0 Å². The smallest absolute Gasteiger partial charge is 0.308 e. The maximum atomic E-state index is 14.2. The molecule has 0 N–H and O–H groups in total. The van der Waals surface area contributed by atoms with Crippen molar-refractivity contribution in [3.05, 3.63) is 45.9 Å². The van der Waals surface area contributed by atoms with Crippen LogP contribution in [0.1, 0.15) is 37.1 Å². The topological polar surface area (TPSA) is 60.1 Å². The maximum absolute atomic E-state index is 14.2. The molecule has 0 atom stereocenters. The molecule has 2 aliphatic rings. The Morgan fingerprint density at radius 1 is 1.12 bits per heavy atom. The second kappa shape index (κ2) is 6.46. The SMILES string of the molecule is O=C(Cn1nc2n(c1=O)CCCCC2)N1CCCc2cccc(F)c21. The number of aromatic nitrogens is 3.